The maximum atomic E-state index is 5.63. The number of hydrogen-bond acceptors (Lipinski definition) is 4. The molecule has 0 amide bonds. The second kappa shape index (κ2) is 3.92. The molecular weight excluding hydrogens is 216 g/mol. The first-order valence-electron chi connectivity index (χ1n) is 4.50. The van der Waals surface area contributed by atoms with Gasteiger partial charge in [-0.15, -0.1) is 11.3 Å². The molecule has 0 saturated heterocycles. The van der Waals surface area contributed by atoms with E-state index in [9.17, 15) is 0 Å². The smallest absolute Gasteiger partial charge is 0.116 e. The van der Waals surface area contributed by atoms with Crippen molar-refractivity contribution in [2.45, 2.75) is 25.4 Å². The van der Waals surface area contributed by atoms with Crippen LogP contribution in [-0.4, -0.2) is 17.1 Å². The molecule has 1 saturated carbocycles. The molecule has 1 heterocycles. The molecule has 5 heteroatoms. The molecule has 1 fully saturated rings. The summed E-state index contributed by atoms with van der Waals surface area (Å²) in [5.74, 6) is 0.652. The molecular formula is C9H12N2OS2. The first-order chi connectivity index (χ1) is 6.72. The van der Waals surface area contributed by atoms with Crippen LogP contribution in [-0.2, 0) is 11.3 Å². The third-order valence-corrected chi connectivity index (χ3v) is 3.77. The van der Waals surface area contributed by atoms with Gasteiger partial charge in [-0.3, -0.25) is 0 Å². The predicted molar refractivity (Wildman–Crippen MR) is 60.7 cm³/mol. The second-order valence-electron chi connectivity index (χ2n) is 3.40. The van der Waals surface area contributed by atoms with Gasteiger partial charge in [0.25, 0.3) is 0 Å². The van der Waals surface area contributed by atoms with E-state index < -0.39 is 0 Å². The maximum Gasteiger partial charge on any atom is 0.116 e. The van der Waals surface area contributed by atoms with E-state index in [4.69, 9.17) is 22.7 Å². The molecule has 1 aliphatic rings. The molecule has 1 aromatic heterocycles. The minimum atomic E-state index is 0.432. The Labute approximate surface area is 92.3 Å². The number of nitrogens with two attached hydrogens (primary N) is 1. The molecule has 0 aliphatic heterocycles. The summed E-state index contributed by atoms with van der Waals surface area (Å²) in [6.45, 7) is 0.496. The third-order valence-electron chi connectivity index (χ3n) is 2.15. The van der Waals surface area contributed by atoms with E-state index in [0.717, 1.165) is 10.6 Å². The first kappa shape index (κ1) is 10.0. The molecule has 1 aliphatic carbocycles. The number of aromatic nitrogens is 1. The Morgan fingerprint density at radius 3 is 2.93 bits per heavy atom. The van der Waals surface area contributed by atoms with Crippen LogP contribution in [0.3, 0.4) is 0 Å². The molecule has 2 rings (SSSR count). The molecule has 0 bridgehead atoms. The normalized spacial score (nSPS) is 15.8. The fraction of sp³-hybridized carbons (Fsp3) is 0.556. The van der Waals surface area contributed by atoms with Crippen molar-refractivity contribution in [1.29, 1.82) is 0 Å². The van der Waals surface area contributed by atoms with Crippen LogP contribution >= 0.6 is 23.6 Å². The van der Waals surface area contributed by atoms with E-state index >= 15 is 0 Å². The Balaban J connectivity index is 2.29. The van der Waals surface area contributed by atoms with Crippen LogP contribution in [0.2, 0.25) is 0 Å². The van der Waals surface area contributed by atoms with Gasteiger partial charge in [0, 0.05) is 13.0 Å². The highest BCUT2D eigenvalue weighted by Gasteiger charge is 2.28. The highest BCUT2D eigenvalue weighted by molar-refractivity contribution is 7.81. The van der Waals surface area contributed by atoms with Gasteiger partial charge >= 0.3 is 0 Å². The average molecular weight is 228 g/mol. The highest BCUT2D eigenvalue weighted by Crippen LogP contribution is 2.42. The van der Waals surface area contributed by atoms with Crippen molar-refractivity contribution in [2.24, 2.45) is 5.73 Å². The summed E-state index contributed by atoms with van der Waals surface area (Å²) in [6, 6.07) is 0. The molecule has 0 aromatic carbocycles. The number of nitrogens with zero attached hydrogens (tertiary/aromatic N) is 1. The van der Waals surface area contributed by atoms with Gasteiger partial charge in [-0.05, 0) is 12.8 Å². The predicted octanol–water partition coefficient (Wildman–Crippen LogP) is 1.80. The van der Waals surface area contributed by atoms with E-state index in [1.807, 2.05) is 0 Å². The van der Waals surface area contributed by atoms with Crippen molar-refractivity contribution >= 4 is 28.5 Å². The fourth-order valence-corrected chi connectivity index (χ4v) is 2.64. The summed E-state index contributed by atoms with van der Waals surface area (Å²) in [5.41, 5.74) is 6.52. The lowest BCUT2D eigenvalue weighted by Crippen LogP contribution is -2.10. The number of methoxy groups -OCH3 is 1. The number of ether oxygens (including phenoxy) is 1. The number of hydrogen-bond donors (Lipinski definition) is 1. The van der Waals surface area contributed by atoms with Crippen LogP contribution in [0.4, 0.5) is 0 Å². The molecule has 1 aromatic rings. The highest BCUT2D eigenvalue weighted by atomic mass is 32.1. The van der Waals surface area contributed by atoms with Gasteiger partial charge in [0.2, 0.25) is 0 Å². The van der Waals surface area contributed by atoms with E-state index in [-0.39, 0.29) is 0 Å². The molecule has 3 nitrogen and oxygen atoms in total. The van der Waals surface area contributed by atoms with E-state index in [2.05, 4.69) is 4.98 Å². The van der Waals surface area contributed by atoms with E-state index in [1.54, 1.807) is 18.4 Å². The molecule has 14 heavy (non-hydrogen) atoms. The molecule has 2 N–H and O–H groups in total. The minimum Gasteiger partial charge on any atom is -0.389 e. The average Bonchev–Trinajstić information content (AvgIpc) is 2.89. The minimum absolute atomic E-state index is 0.432. The van der Waals surface area contributed by atoms with Gasteiger partial charge in [0.15, 0.2) is 0 Å². The number of thiocarbonyl (C=S) groups is 1. The SMILES string of the molecule is COCc1nc(C2CC2)sc1C(N)=S. The van der Waals surface area contributed by atoms with E-state index in [1.165, 1.54) is 17.8 Å². The van der Waals surface area contributed by atoms with Crippen LogP contribution in [0.15, 0.2) is 0 Å². The Kier molecular flexibility index (Phi) is 2.80. The maximum absolute atomic E-state index is 5.63. The molecule has 76 valence electrons. The van der Waals surface area contributed by atoms with Gasteiger partial charge in [0.05, 0.1) is 22.2 Å². The van der Waals surface area contributed by atoms with Crippen LogP contribution in [0.1, 0.15) is 34.3 Å². The first-order valence-corrected chi connectivity index (χ1v) is 5.73. The monoisotopic (exact) mass is 228 g/mol. The zero-order valence-corrected chi connectivity index (χ0v) is 9.58. The summed E-state index contributed by atoms with van der Waals surface area (Å²) in [6.07, 6.45) is 2.49. The van der Waals surface area contributed by atoms with Crippen molar-refractivity contribution in [3.63, 3.8) is 0 Å². The van der Waals surface area contributed by atoms with Gasteiger partial charge in [0.1, 0.15) is 4.99 Å². The summed E-state index contributed by atoms with van der Waals surface area (Å²) in [4.78, 5) is 5.86. The van der Waals surface area contributed by atoms with Crippen molar-refractivity contribution in [2.75, 3.05) is 7.11 Å². The summed E-state index contributed by atoms with van der Waals surface area (Å²) < 4.78 is 5.06. The van der Waals surface area contributed by atoms with Gasteiger partial charge in [-0.25, -0.2) is 4.98 Å². The Hall–Kier alpha value is -0.520. The number of rotatable bonds is 4. The summed E-state index contributed by atoms with van der Waals surface area (Å²) in [7, 11) is 1.65. The van der Waals surface area contributed by atoms with E-state index in [0.29, 0.717) is 17.5 Å². The van der Waals surface area contributed by atoms with Crippen LogP contribution < -0.4 is 5.73 Å². The molecule has 0 spiro atoms. The van der Waals surface area contributed by atoms with Gasteiger partial charge < -0.3 is 10.5 Å². The van der Waals surface area contributed by atoms with Gasteiger partial charge in [-0.1, -0.05) is 12.2 Å². The Morgan fingerprint density at radius 2 is 2.43 bits per heavy atom. The summed E-state index contributed by atoms with van der Waals surface area (Å²) >= 11 is 6.60. The van der Waals surface area contributed by atoms with Crippen LogP contribution in [0.25, 0.3) is 0 Å². The lowest BCUT2D eigenvalue weighted by atomic mass is 10.3. The standard InChI is InChI=1S/C9H12N2OS2/c1-12-4-6-7(8(10)13)14-9(11-6)5-2-3-5/h5H,2-4H2,1H3,(H2,10,13). The fourth-order valence-electron chi connectivity index (χ4n) is 1.30. The van der Waals surface area contributed by atoms with Crippen molar-refractivity contribution in [1.82, 2.24) is 4.98 Å². The lowest BCUT2D eigenvalue weighted by molar-refractivity contribution is 0.182. The zero-order chi connectivity index (χ0) is 10.1. The summed E-state index contributed by atoms with van der Waals surface area (Å²) in [5, 5.41) is 1.17. The van der Waals surface area contributed by atoms with Crippen molar-refractivity contribution in [3.8, 4) is 0 Å². The molecule has 0 radical (unpaired) electrons. The zero-order valence-electron chi connectivity index (χ0n) is 7.95. The number of thiazole rings is 1. The Bertz CT molecular complexity index is 358. The van der Waals surface area contributed by atoms with Crippen LogP contribution in [0, 0.1) is 0 Å². The topological polar surface area (TPSA) is 48.1 Å². The molecule has 0 unspecified atom stereocenters. The largest absolute Gasteiger partial charge is 0.389 e. The van der Waals surface area contributed by atoms with Crippen LogP contribution in [0.5, 0.6) is 0 Å². The lowest BCUT2D eigenvalue weighted by Gasteiger charge is -1.97. The van der Waals surface area contributed by atoms with Crippen molar-refractivity contribution < 1.29 is 4.74 Å². The quantitative estimate of drug-likeness (QED) is 0.798. The van der Waals surface area contributed by atoms with Gasteiger partial charge in [-0.2, -0.15) is 0 Å². The third kappa shape index (κ3) is 1.94. The second-order valence-corrected chi connectivity index (χ2v) is 4.87. The Morgan fingerprint density at radius 1 is 1.71 bits per heavy atom. The molecule has 0 atom stereocenters. The van der Waals surface area contributed by atoms with Crippen molar-refractivity contribution in [3.05, 3.63) is 15.6 Å².